The highest BCUT2D eigenvalue weighted by Crippen LogP contribution is 2.23. The number of nitrogens with two attached hydrogens (primary N) is 1. The van der Waals surface area contributed by atoms with Crippen LogP contribution in [0.2, 0.25) is 10.0 Å². The maximum absolute atomic E-state index is 12.5. The highest BCUT2D eigenvalue weighted by molar-refractivity contribution is 6.36. The monoisotopic (exact) mass is 360 g/mol. The van der Waals surface area contributed by atoms with Crippen molar-refractivity contribution in [1.29, 1.82) is 0 Å². The predicted octanol–water partition coefficient (Wildman–Crippen LogP) is 2.42. The van der Waals surface area contributed by atoms with E-state index in [1.807, 2.05) is 0 Å². The largest absolute Gasteiger partial charge is 0.480 e. The van der Waals surface area contributed by atoms with E-state index in [1.54, 1.807) is 6.92 Å². The molecule has 1 aromatic carbocycles. The topological polar surface area (TPSA) is 101 Å². The van der Waals surface area contributed by atoms with Crippen LogP contribution in [0.3, 0.4) is 0 Å². The van der Waals surface area contributed by atoms with Crippen LogP contribution in [0.4, 0.5) is 0 Å². The quantitative estimate of drug-likeness (QED) is 0.810. The molecule has 2 atom stereocenters. The lowest BCUT2D eigenvalue weighted by molar-refractivity contribution is -0.138. The Morgan fingerprint density at radius 2 is 1.91 bits per heavy atom. The zero-order valence-corrected chi connectivity index (χ0v) is 14.3. The van der Waals surface area contributed by atoms with Crippen molar-refractivity contribution in [2.45, 2.75) is 26.3 Å². The van der Waals surface area contributed by atoms with Gasteiger partial charge in [0.2, 0.25) is 5.91 Å². The van der Waals surface area contributed by atoms with Crippen molar-refractivity contribution in [1.82, 2.24) is 4.90 Å². The van der Waals surface area contributed by atoms with Crippen LogP contribution in [0.5, 0.6) is 0 Å². The average Bonchev–Trinajstić information content (AvgIpc) is 2.46. The summed E-state index contributed by atoms with van der Waals surface area (Å²) in [6.07, 6.45) is 0.135. The normalized spacial score (nSPS) is 13.3. The number of aliphatic carboxylic acids is 1. The summed E-state index contributed by atoms with van der Waals surface area (Å²) in [6, 6.07) is 3.34. The van der Waals surface area contributed by atoms with Crippen molar-refractivity contribution in [3.8, 4) is 0 Å². The van der Waals surface area contributed by atoms with Gasteiger partial charge in [0.1, 0.15) is 6.04 Å². The van der Waals surface area contributed by atoms with Crippen molar-refractivity contribution in [3.63, 3.8) is 0 Å². The van der Waals surface area contributed by atoms with Gasteiger partial charge in [-0.1, -0.05) is 30.1 Å². The Kier molecular flexibility index (Phi) is 7.00. The molecule has 8 heteroatoms. The van der Waals surface area contributed by atoms with Crippen LogP contribution in [0.15, 0.2) is 18.2 Å². The van der Waals surface area contributed by atoms with Gasteiger partial charge in [-0.05, 0) is 30.5 Å². The summed E-state index contributed by atoms with van der Waals surface area (Å²) in [5, 5.41) is 9.33. The molecule has 1 rings (SSSR count). The number of carbonyl (C=O) groups is 3. The summed E-state index contributed by atoms with van der Waals surface area (Å²) in [5.74, 6) is -2.47. The summed E-state index contributed by atoms with van der Waals surface area (Å²) in [5.41, 5.74) is 5.59. The van der Waals surface area contributed by atoms with E-state index < -0.39 is 23.8 Å². The Balaban J connectivity index is 2.94. The van der Waals surface area contributed by atoms with E-state index in [-0.39, 0.29) is 29.5 Å². The summed E-state index contributed by atoms with van der Waals surface area (Å²) in [6.45, 7) is 3.00. The van der Waals surface area contributed by atoms with Crippen LogP contribution >= 0.6 is 23.2 Å². The fourth-order valence-corrected chi connectivity index (χ4v) is 2.45. The standard InChI is InChI=1S/C15H18Cl2N2O4/c1-8(5-13(18)15(22)23)7-19(9(2)20)14(21)11-6-10(16)3-4-12(11)17/h3-4,6,8,13H,5,7,18H2,1-2H3,(H,22,23)/t8?,13-/m1/s1. The summed E-state index contributed by atoms with van der Waals surface area (Å²) < 4.78 is 0. The maximum Gasteiger partial charge on any atom is 0.320 e. The van der Waals surface area contributed by atoms with Gasteiger partial charge in [0.05, 0.1) is 10.6 Å². The molecule has 0 saturated carbocycles. The van der Waals surface area contributed by atoms with E-state index in [0.717, 1.165) is 4.90 Å². The van der Waals surface area contributed by atoms with Gasteiger partial charge in [-0.2, -0.15) is 0 Å². The Bertz CT molecular complexity index is 621. The second-order valence-electron chi connectivity index (χ2n) is 5.34. The van der Waals surface area contributed by atoms with E-state index in [2.05, 4.69) is 0 Å². The fraction of sp³-hybridized carbons (Fsp3) is 0.400. The van der Waals surface area contributed by atoms with Gasteiger partial charge in [-0.3, -0.25) is 19.3 Å². The Morgan fingerprint density at radius 1 is 1.30 bits per heavy atom. The molecule has 0 aromatic heterocycles. The molecule has 3 N–H and O–H groups in total. The predicted molar refractivity (Wildman–Crippen MR) is 87.6 cm³/mol. The number of carbonyl (C=O) groups excluding carboxylic acids is 2. The minimum atomic E-state index is -1.13. The van der Waals surface area contributed by atoms with Gasteiger partial charge < -0.3 is 10.8 Å². The number of rotatable bonds is 6. The minimum Gasteiger partial charge on any atom is -0.480 e. The van der Waals surface area contributed by atoms with Crippen LogP contribution in [0.1, 0.15) is 30.6 Å². The number of carboxylic acids is 1. The summed E-state index contributed by atoms with van der Waals surface area (Å²) in [4.78, 5) is 36.1. The SMILES string of the molecule is CC(=O)N(CC(C)C[C@@H](N)C(=O)O)C(=O)c1cc(Cl)ccc1Cl. The average molecular weight is 361 g/mol. The highest BCUT2D eigenvalue weighted by Gasteiger charge is 2.25. The van der Waals surface area contributed by atoms with Crippen molar-refractivity contribution >= 4 is 41.0 Å². The first kappa shape index (κ1) is 19.4. The Labute approximate surface area is 144 Å². The molecule has 0 saturated heterocycles. The molecular formula is C15H18Cl2N2O4. The molecule has 0 radical (unpaired) electrons. The van der Waals surface area contributed by atoms with Crippen molar-refractivity contribution in [2.24, 2.45) is 11.7 Å². The van der Waals surface area contributed by atoms with Crippen LogP contribution in [0.25, 0.3) is 0 Å². The van der Waals surface area contributed by atoms with Crippen LogP contribution in [-0.4, -0.2) is 40.4 Å². The van der Waals surface area contributed by atoms with Gasteiger partial charge in [-0.15, -0.1) is 0 Å². The van der Waals surface area contributed by atoms with E-state index in [1.165, 1.54) is 25.1 Å². The minimum absolute atomic E-state index is 0.0397. The first-order chi connectivity index (χ1) is 10.6. The lowest BCUT2D eigenvalue weighted by Gasteiger charge is -2.24. The molecule has 0 aliphatic rings. The van der Waals surface area contributed by atoms with E-state index in [9.17, 15) is 14.4 Å². The maximum atomic E-state index is 12.5. The van der Waals surface area contributed by atoms with E-state index in [4.69, 9.17) is 34.0 Å². The first-order valence-electron chi connectivity index (χ1n) is 6.89. The third-order valence-corrected chi connectivity index (χ3v) is 3.82. The van der Waals surface area contributed by atoms with Crippen LogP contribution in [0, 0.1) is 5.92 Å². The smallest absolute Gasteiger partial charge is 0.320 e. The molecule has 2 amide bonds. The number of imide groups is 1. The van der Waals surface area contributed by atoms with Gasteiger partial charge in [0.15, 0.2) is 0 Å². The molecule has 126 valence electrons. The fourth-order valence-electron chi connectivity index (χ4n) is 2.08. The van der Waals surface area contributed by atoms with E-state index in [0.29, 0.717) is 5.02 Å². The van der Waals surface area contributed by atoms with Crippen LogP contribution in [-0.2, 0) is 9.59 Å². The molecule has 0 fully saturated rings. The lowest BCUT2D eigenvalue weighted by atomic mass is 10.0. The van der Waals surface area contributed by atoms with Gasteiger partial charge in [0.25, 0.3) is 5.91 Å². The molecule has 1 aromatic rings. The summed E-state index contributed by atoms with van der Waals surface area (Å²) in [7, 11) is 0. The molecule has 6 nitrogen and oxygen atoms in total. The molecule has 23 heavy (non-hydrogen) atoms. The Morgan fingerprint density at radius 3 is 2.43 bits per heavy atom. The number of halogens is 2. The lowest BCUT2D eigenvalue weighted by Crippen LogP contribution is -2.41. The van der Waals surface area contributed by atoms with E-state index >= 15 is 0 Å². The zero-order valence-electron chi connectivity index (χ0n) is 12.8. The molecule has 0 bridgehead atoms. The molecule has 0 heterocycles. The first-order valence-corrected chi connectivity index (χ1v) is 7.65. The van der Waals surface area contributed by atoms with Crippen molar-refractivity contribution in [3.05, 3.63) is 33.8 Å². The number of hydrogen-bond acceptors (Lipinski definition) is 4. The van der Waals surface area contributed by atoms with Crippen molar-refractivity contribution < 1.29 is 19.5 Å². The number of amides is 2. The molecule has 1 unspecified atom stereocenters. The number of carboxylic acid groups (broad SMARTS) is 1. The third kappa shape index (κ3) is 5.49. The molecule has 0 spiro atoms. The second kappa shape index (κ2) is 8.29. The third-order valence-electron chi connectivity index (χ3n) is 3.25. The highest BCUT2D eigenvalue weighted by atomic mass is 35.5. The molecular weight excluding hydrogens is 343 g/mol. The Hall–Kier alpha value is -1.63. The number of benzene rings is 1. The summed E-state index contributed by atoms with van der Waals surface area (Å²) >= 11 is 11.8. The number of nitrogens with zero attached hydrogens (tertiary/aromatic N) is 1. The molecule has 0 aliphatic heterocycles. The van der Waals surface area contributed by atoms with Crippen LogP contribution < -0.4 is 5.73 Å². The van der Waals surface area contributed by atoms with Gasteiger partial charge in [0, 0.05) is 18.5 Å². The van der Waals surface area contributed by atoms with Gasteiger partial charge >= 0.3 is 5.97 Å². The second-order valence-corrected chi connectivity index (χ2v) is 6.19. The number of hydrogen-bond donors (Lipinski definition) is 2. The zero-order chi connectivity index (χ0) is 17.7. The van der Waals surface area contributed by atoms with Crippen molar-refractivity contribution in [2.75, 3.05) is 6.54 Å². The van der Waals surface area contributed by atoms with Gasteiger partial charge in [-0.25, -0.2) is 0 Å². The molecule has 0 aliphatic carbocycles.